The molecule has 2 heterocycles. The maximum atomic E-state index is 11.9. The highest BCUT2D eigenvalue weighted by molar-refractivity contribution is 6.05. The van der Waals surface area contributed by atoms with Gasteiger partial charge < -0.3 is 9.72 Å². The first-order chi connectivity index (χ1) is 9.11. The zero-order valence-corrected chi connectivity index (χ0v) is 10.4. The van der Waals surface area contributed by atoms with Crippen LogP contribution >= 0.6 is 0 Å². The number of ether oxygens (including phenoxy) is 1. The van der Waals surface area contributed by atoms with E-state index in [-0.39, 0.29) is 5.56 Å². The molecule has 1 aromatic carbocycles. The number of fused-ring (bicyclic) bond motifs is 3. The fraction of sp³-hybridized carbons (Fsp3) is 0.154. The average molecular weight is 257 g/mol. The quantitative estimate of drug-likeness (QED) is 0.664. The highest BCUT2D eigenvalue weighted by Gasteiger charge is 2.12. The molecule has 0 aliphatic rings. The molecule has 0 aliphatic heterocycles. The summed E-state index contributed by atoms with van der Waals surface area (Å²) in [5.74, 6) is -0.414. The predicted molar refractivity (Wildman–Crippen MR) is 70.2 cm³/mol. The second kappa shape index (κ2) is 3.94. The number of nitrogens with zero attached hydrogens (tertiary/aromatic N) is 2. The number of pyridine rings is 1. The maximum Gasteiger partial charge on any atom is 0.337 e. The molecule has 0 spiro atoms. The van der Waals surface area contributed by atoms with Crippen LogP contribution in [0.15, 0.2) is 29.2 Å². The lowest BCUT2D eigenvalue weighted by atomic mass is 10.1. The molecule has 6 nitrogen and oxygen atoms in total. The molecule has 0 radical (unpaired) electrons. The van der Waals surface area contributed by atoms with E-state index in [2.05, 4.69) is 10.1 Å². The summed E-state index contributed by atoms with van der Waals surface area (Å²) in [5, 5.41) is 5.34. The van der Waals surface area contributed by atoms with Crippen LogP contribution in [0.1, 0.15) is 10.4 Å². The van der Waals surface area contributed by atoms with Gasteiger partial charge in [-0.25, -0.2) is 4.79 Å². The Morgan fingerprint density at radius 3 is 2.89 bits per heavy atom. The summed E-state index contributed by atoms with van der Waals surface area (Å²) >= 11 is 0. The molecule has 0 bridgehead atoms. The molecule has 0 unspecified atom stereocenters. The smallest absolute Gasteiger partial charge is 0.337 e. The van der Waals surface area contributed by atoms with Gasteiger partial charge in [0, 0.05) is 12.4 Å². The van der Waals surface area contributed by atoms with Crippen molar-refractivity contribution >= 4 is 27.8 Å². The van der Waals surface area contributed by atoms with Crippen LogP contribution in [0.2, 0.25) is 0 Å². The molecule has 2 aromatic heterocycles. The van der Waals surface area contributed by atoms with Crippen molar-refractivity contribution in [1.82, 2.24) is 14.8 Å². The number of benzene rings is 1. The molecular weight excluding hydrogens is 246 g/mol. The summed E-state index contributed by atoms with van der Waals surface area (Å²) in [7, 11) is 3.09. The second-order valence-corrected chi connectivity index (χ2v) is 4.24. The molecule has 96 valence electrons. The van der Waals surface area contributed by atoms with E-state index in [0.717, 1.165) is 5.39 Å². The number of aromatic nitrogens is 3. The van der Waals surface area contributed by atoms with Gasteiger partial charge in [-0.05, 0) is 18.2 Å². The van der Waals surface area contributed by atoms with E-state index in [1.54, 1.807) is 29.9 Å². The van der Waals surface area contributed by atoms with Crippen LogP contribution in [0.4, 0.5) is 0 Å². The first-order valence-corrected chi connectivity index (χ1v) is 5.68. The Kier molecular flexibility index (Phi) is 2.38. The molecule has 6 heteroatoms. The third-order valence-corrected chi connectivity index (χ3v) is 3.13. The van der Waals surface area contributed by atoms with E-state index >= 15 is 0 Å². The van der Waals surface area contributed by atoms with E-state index in [9.17, 15) is 9.59 Å². The summed E-state index contributed by atoms with van der Waals surface area (Å²) in [5.41, 5.74) is 1.60. The minimum atomic E-state index is -0.414. The van der Waals surface area contributed by atoms with Crippen LogP contribution in [0.3, 0.4) is 0 Å². The van der Waals surface area contributed by atoms with Crippen molar-refractivity contribution in [3.63, 3.8) is 0 Å². The summed E-state index contributed by atoms with van der Waals surface area (Å²) in [6.07, 6.45) is 1.51. The number of aromatic amines is 1. The highest BCUT2D eigenvalue weighted by Crippen LogP contribution is 2.21. The maximum absolute atomic E-state index is 11.9. The van der Waals surface area contributed by atoms with Gasteiger partial charge in [0.25, 0.3) is 5.56 Å². The van der Waals surface area contributed by atoms with Crippen LogP contribution in [-0.4, -0.2) is 27.8 Å². The fourth-order valence-electron chi connectivity index (χ4n) is 2.21. The monoisotopic (exact) mass is 257 g/mol. The molecule has 0 saturated carbocycles. The molecule has 0 fully saturated rings. The third kappa shape index (κ3) is 1.61. The molecule has 1 N–H and O–H groups in total. The van der Waals surface area contributed by atoms with Gasteiger partial charge in [0.05, 0.1) is 35.3 Å². The Labute approximate surface area is 107 Å². The normalized spacial score (nSPS) is 11.1. The van der Waals surface area contributed by atoms with Gasteiger partial charge in [0.15, 0.2) is 0 Å². The Bertz CT molecular complexity index is 861. The van der Waals surface area contributed by atoms with Crippen LogP contribution in [0.25, 0.3) is 21.8 Å². The summed E-state index contributed by atoms with van der Waals surface area (Å²) in [6.45, 7) is 0. The Hall–Kier alpha value is -2.63. The van der Waals surface area contributed by atoms with E-state index in [1.165, 1.54) is 13.3 Å². The number of aryl methyl sites for hydroxylation is 1. The number of carbonyl (C=O) groups is 1. The zero-order valence-electron chi connectivity index (χ0n) is 10.4. The topological polar surface area (TPSA) is 77.0 Å². The van der Waals surface area contributed by atoms with Gasteiger partial charge in [-0.2, -0.15) is 5.10 Å². The number of esters is 1. The number of rotatable bonds is 1. The number of methoxy groups -OCH3 is 1. The second-order valence-electron chi connectivity index (χ2n) is 4.24. The first-order valence-electron chi connectivity index (χ1n) is 5.68. The number of nitrogens with one attached hydrogen (secondary N) is 1. The van der Waals surface area contributed by atoms with Gasteiger partial charge in [0.1, 0.15) is 0 Å². The number of carbonyl (C=O) groups excluding carboxylic acids is 1. The van der Waals surface area contributed by atoms with Crippen molar-refractivity contribution < 1.29 is 9.53 Å². The van der Waals surface area contributed by atoms with E-state index in [0.29, 0.717) is 22.0 Å². The summed E-state index contributed by atoms with van der Waals surface area (Å²) in [6, 6.07) is 5.00. The van der Waals surface area contributed by atoms with Crippen molar-refractivity contribution in [2.24, 2.45) is 7.05 Å². The van der Waals surface area contributed by atoms with E-state index in [4.69, 9.17) is 4.74 Å². The van der Waals surface area contributed by atoms with Gasteiger partial charge in [-0.3, -0.25) is 9.48 Å². The third-order valence-electron chi connectivity index (χ3n) is 3.13. The van der Waals surface area contributed by atoms with E-state index < -0.39 is 5.97 Å². The molecule has 19 heavy (non-hydrogen) atoms. The van der Waals surface area contributed by atoms with Crippen molar-refractivity contribution in [1.29, 1.82) is 0 Å². The Balaban J connectivity index is 2.47. The Morgan fingerprint density at radius 1 is 1.37 bits per heavy atom. The molecule has 0 aliphatic carbocycles. The predicted octanol–water partition coefficient (Wildman–Crippen LogP) is 1.20. The minimum Gasteiger partial charge on any atom is -0.465 e. The van der Waals surface area contributed by atoms with Crippen LogP contribution in [0, 0.1) is 0 Å². The first kappa shape index (κ1) is 11.5. The summed E-state index contributed by atoms with van der Waals surface area (Å²) < 4.78 is 6.32. The van der Waals surface area contributed by atoms with E-state index in [1.807, 2.05) is 0 Å². The molecule has 0 saturated heterocycles. The lowest BCUT2D eigenvalue weighted by molar-refractivity contribution is 0.0601. The van der Waals surface area contributed by atoms with Crippen molar-refractivity contribution in [3.8, 4) is 0 Å². The number of hydrogen-bond donors (Lipinski definition) is 1. The van der Waals surface area contributed by atoms with Crippen molar-refractivity contribution in [2.45, 2.75) is 0 Å². The molecular formula is C13H11N3O3. The average Bonchev–Trinajstić information content (AvgIpc) is 2.81. The van der Waals surface area contributed by atoms with Crippen molar-refractivity contribution in [2.75, 3.05) is 7.11 Å². The van der Waals surface area contributed by atoms with Gasteiger partial charge >= 0.3 is 5.97 Å². The van der Waals surface area contributed by atoms with Crippen molar-refractivity contribution in [3.05, 3.63) is 40.3 Å². The molecule has 3 aromatic rings. The standard InChI is InChI=1S/C13H11N3O3/c1-16-11-8-5-7(13(18)19-2)3-4-10(8)15-12(17)9(11)6-14-16/h3-6H,1-2H3,(H,15,17). The van der Waals surface area contributed by atoms with Gasteiger partial charge in [-0.15, -0.1) is 0 Å². The fourth-order valence-corrected chi connectivity index (χ4v) is 2.21. The SMILES string of the molecule is COC(=O)c1ccc2[nH]c(=O)c3cnn(C)c3c2c1. The zero-order chi connectivity index (χ0) is 13.6. The number of hydrogen-bond acceptors (Lipinski definition) is 4. The van der Waals surface area contributed by atoms with Gasteiger partial charge in [0.2, 0.25) is 0 Å². The van der Waals surface area contributed by atoms with Crippen LogP contribution in [0.5, 0.6) is 0 Å². The van der Waals surface area contributed by atoms with Crippen LogP contribution in [-0.2, 0) is 11.8 Å². The Morgan fingerprint density at radius 2 is 2.16 bits per heavy atom. The molecule has 0 amide bonds. The molecule has 0 atom stereocenters. The number of H-pyrrole nitrogens is 1. The van der Waals surface area contributed by atoms with Crippen LogP contribution < -0.4 is 5.56 Å². The largest absolute Gasteiger partial charge is 0.465 e. The lowest BCUT2D eigenvalue weighted by Gasteiger charge is -2.04. The molecule has 3 rings (SSSR count). The lowest BCUT2D eigenvalue weighted by Crippen LogP contribution is -2.07. The minimum absolute atomic E-state index is 0.193. The van der Waals surface area contributed by atoms with Gasteiger partial charge in [-0.1, -0.05) is 0 Å². The summed E-state index contributed by atoms with van der Waals surface area (Å²) in [4.78, 5) is 26.2. The highest BCUT2D eigenvalue weighted by atomic mass is 16.5.